The summed E-state index contributed by atoms with van der Waals surface area (Å²) in [6.45, 7) is 5.89. The second kappa shape index (κ2) is 5.94. The predicted octanol–water partition coefficient (Wildman–Crippen LogP) is 2.80. The van der Waals surface area contributed by atoms with Crippen molar-refractivity contribution in [2.75, 3.05) is 18.1 Å². The van der Waals surface area contributed by atoms with E-state index >= 15 is 4.39 Å². The molecule has 3 heterocycles. The van der Waals surface area contributed by atoms with Gasteiger partial charge in [-0.3, -0.25) is 14.8 Å². The summed E-state index contributed by atoms with van der Waals surface area (Å²) < 4.78 is 35.5. The predicted molar refractivity (Wildman–Crippen MR) is 95.5 cm³/mol. The molecule has 3 atom stereocenters. The lowest BCUT2D eigenvalue weighted by Gasteiger charge is -2.54. The molecule has 0 amide bonds. The van der Waals surface area contributed by atoms with Gasteiger partial charge in [-0.15, -0.1) is 0 Å². The van der Waals surface area contributed by atoms with Gasteiger partial charge in [0.15, 0.2) is 17.4 Å². The van der Waals surface area contributed by atoms with Crippen LogP contribution in [0.2, 0.25) is 0 Å². The standard InChI is InChI=1S/C19H21F2N3O2/c1-10-6-24-17-13(4-14(11(2)25)15(20)16(17)21)5-19(7-22-9-23-8-19)18(24)12(3)26-10/h4,7-8,10,12,18H,5-6,9H2,1-3H3/t10-,12+,18-/m1/s1. The summed E-state index contributed by atoms with van der Waals surface area (Å²) in [7, 11) is 0. The molecule has 26 heavy (non-hydrogen) atoms. The number of anilines is 1. The fourth-order valence-corrected chi connectivity index (χ4v) is 4.64. The van der Waals surface area contributed by atoms with Gasteiger partial charge in [-0.1, -0.05) is 0 Å². The van der Waals surface area contributed by atoms with Gasteiger partial charge in [-0.2, -0.15) is 0 Å². The summed E-state index contributed by atoms with van der Waals surface area (Å²) in [4.78, 5) is 22.3. The Labute approximate surface area is 150 Å². The number of nitrogens with zero attached hydrogens (tertiary/aromatic N) is 3. The zero-order valence-corrected chi connectivity index (χ0v) is 15.0. The number of hydrogen-bond acceptors (Lipinski definition) is 5. The van der Waals surface area contributed by atoms with Crippen LogP contribution in [0.15, 0.2) is 16.1 Å². The number of fused-ring (bicyclic) bond motifs is 4. The van der Waals surface area contributed by atoms with Gasteiger partial charge in [0, 0.05) is 19.0 Å². The number of ketones is 1. The molecule has 3 aliphatic heterocycles. The molecule has 3 aliphatic rings. The van der Waals surface area contributed by atoms with Gasteiger partial charge in [0.1, 0.15) is 6.67 Å². The van der Waals surface area contributed by atoms with E-state index in [4.69, 9.17) is 4.74 Å². The number of rotatable bonds is 1. The molecule has 1 aromatic rings. The Balaban J connectivity index is 1.95. The van der Waals surface area contributed by atoms with E-state index in [1.807, 2.05) is 31.2 Å². The van der Waals surface area contributed by atoms with Crippen LogP contribution in [0.4, 0.5) is 14.5 Å². The van der Waals surface area contributed by atoms with Crippen LogP contribution in [0, 0.1) is 17.0 Å². The normalized spacial score (nSPS) is 28.8. The van der Waals surface area contributed by atoms with E-state index in [1.54, 1.807) is 0 Å². The summed E-state index contributed by atoms with van der Waals surface area (Å²) in [6, 6.07) is 1.24. The largest absolute Gasteiger partial charge is 0.372 e. The average Bonchev–Trinajstić information content (AvgIpc) is 2.57. The van der Waals surface area contributed by atoms with Crippen molar-refractivity contribution >= 4 is 23.9 Å². The second-order valence-electron chi connectivity index (χ2n) is 7.42. The van der Waals surface area contributed by atoms with E-state index in [0.29, 0.717) is 25.2 Å². The molecule has 138 valence electrons. The maximum absolute atomic E-state index is 15.0. The van der Waals surface area contributed by atoms with Gasteiger partial charge in [0.25, 0.3) is 0 Å². The Morgan fingerprint density at radius 3 is 2.62 bits per heavy atom. The van der Waals surface area contributed by atoms with Crippen molar-refractivity contribution < 1.29 is 18.3 Å². The molecule has 5 nitrogen and oxygen atoms in total. The third kappa shape index (κ3) is 2.40. The van der Waals surface area contributed by atoms with Gasteiger partial charge in [0.2, 0.25) is 0 Å². The van der Waals surface area contributed by atoms with Crippen molar-refractivity contribution in [2.45, 2.75) is 45.4 Å². The monoisotopic (exact) mass is 361 g/mol. The maximum Gasteiger partial charge on any atom is 0.183 e. The zero-order chi connectivity index (χ0) is 18.6. The maximum atomic E-state index is 15.0. The molecule has 0 aromatic heterocycles. The molecular weight excluding hydrogens is 340 g/mol. The Hall–Kier alpha value is -2.15. The molecule has 0 N–H and O–H groups in total. The third-order valence-corrected chi connectivity index (χ3v) is 5.48. The third-order valence-electron chi connectivity index (χ3n) is 5.48. The van der Waals surface area contributed by atoms with Gasteiger partial charge in [-0.05, 0) is 38.8 Å². The zero-order valence-electron chi connectivity index (χ0n) is 15.0. The Bertz CT molecular complexity index is 825. The first-order valence-electron chi connectivity index (χ1n) is 8.80. The highest BCUT2D eigenvalue weighted by molar-refractivity contribution is 5.97. The van der Waals surface area contributed by atoms with E-state index in [2.05, 4.69) is 9.98 Å². The fourth-order valence-electron chi connectivity index (χ4n) is 4.64. The number of ether oxygens (including phenoxy) is 1. The quantitative estimate of drug-likeness (QED) is 0.723. The number of carbonyl (C=O) groups excluding carboxylic acids is 1. The fraction of sp³-hybridized carbons (Fsp3) is 0.526. The highest BCUT2D eigenvalue weighted by Gasteiger charge is 2.52. The summed E-state index contributed by atoms with van der Waals surface area (Å²) in [5.41, 5.74) is 0.0567. The minimum absolute atomic E-state index is 0.128. The molecule has 4 rings (SSSR count). The van der Waals surface area contributed by atoms with Crippen LogP contribution in [-0.4, -0.2) is 49.7 Å². The molecule has 0 radical (unpaired) electrons. The minimum atomic E-state index is -1.08. The van der Waals surface area contributed by atoms with E-state index < -0.39 is 22.8 Å². The van der Waals surface area contributed by atoms with Crippen LogP contribution in [0.25, 0.3) is 0 Å². The molecule has 1 fully saturated rings. The van der Waals surface area contributed by atoms with Gasteiger partial charge < -0.3 is 9.64 Å². The van der Waals surface area contributed by atoms with Crippen molar-refractivity contribution in [3.63, 3.8) is 0 Å². The number of Topliss-reactive ketones (excluding diaryl/α,β-unsaturated/α-hetero) is 1. The molecule has 0 aliphatic carbocycles. The summed E-state index contributed by atoms with van der Waals surface area (Å²) in [5.74, 6) is -2.53. The smallest absolute Gasteiger partial charge is 0.183 e. The van der Waals surface area contributed by atoms with Crippen molar-refractivity contribution in [1.29, 1.82) is 0 Å². The van der Waals surface area contributed by atoms with Crippen LogP contribution >= 0.6 is 0 Å². The average molecular weight is 361 g/mol. The van der Waals surface area contributed by atoms with Crippen molar-refractivity contribution in [3.05, 3.63) is 28.8 Å². The highest BCUT2D eigenvalue weighted by Crippen LogP contribution is 2.46. The first-order valence-corrected chi connectivity index (χ1v) is 8.80. The number of morpholine rings is 1. The summed E-state index contributed by atoms with van der Waals surface area (Å²) >= 11 is 0. The number of hydrogen-bond donors (Lipinski definition) is 0. The number of halogens is 2. The van der Waals surface area contributed by atoms with Crippen molar-refractivity contribution in [1.82, 2.24) is 0 Å². The van der Waals surface area contributed by atoms with Crippen LogP contribution in [0.5, 0.6) is 0 Å². The van der Waals surface area contributed by atoms with E-state index in [9.17, 15) is 9.18 Å². The Kier molecular flexibility index (Phi) is 3.95. The van der Waals surface area contributed by atoms with Crippen LogP contribution in [-0.2, 0) is 11.2 Å². The van der Waals surface area contributed by atoms with Gasteiger partial charge >= 0.3 is 0 Å². The number of aliphatic imine (C=N–C) groups is 2. The second-order valence-corrected chi connectivity index (χ2v) is 7.42. The first kappa shape index (κ1) is 17.3. The molecular formula is C19H21F2N3O2. The van der Waals surface area contributed by atoms with E-state index in [1.165, 1.54) is 13.0 Å². The summed E-state index contributed by atoms with van der Waals surface area (Å²) in [6.07, 6.45) is 3.77. The summed E-state index contributed by atoms with van der Waals surface area (Å²) in [5, 5.41) is 0. The Morgan fingerprint density at radius 1 is 1.27 bits per heavy atom. The van der Waals surface area contributed by atoms with E-state index in [-0.39, 0.29) is 29.5 Å². The molecule has 0 unspecified atom stereocenters. The lowest BCUT2D eigenvalue weighted by atomic mass is 9.69. The van der Waals surface area contributed by atoms with Gasteiger partial charge in [-0.25, -0.2) is 8.78 Å². The van der Waals surface area contributed by atoms with Crippen LogP contribution in [0.3, 0.4) is 0 Å². The first-order chi connectivity index (χ1) is 12.3. The SMILES string of the molecule is CC(=O)c1cc2c(c(F)c1F)N1C[C@@H](C)O[C@@H](C)[C@@H]1C1(C=NCN=C1)C2. The number of carbonyl (C=O) groups is 1. The molecule has 0 saturated carbocycles. The molecule has 7 heteroatoms. The highest BCUT2D eigenvalue weighted by atomic mass is 19.2. The number of benzene rings is 1. The van der Waals surface area contributed by atoms with Crippen molar-refractivity contribution in [3.8, 4) is 0 Å². The van der Waals surface area contributed by atoms with Crippen LogP contribution in [0.1, 0.15) is 36.7 Å². The minimum Gasteiger partial charge on any atom is -0.372 e. The lowest BCUT2D eigenvalue weighted by molar-refractivity contribution is -0.0433. The van der Waals surface area contributed by atoms with Gasteiger partial charge in [0.05, 0.1) is 34.9 Å². The van der Waals surface area contributed by atoms with Crippen LogP contribution < -0.4 is 4.90 Å². The van der Waals surface area contributed by atoms with Crippen molar-refractivity contribution in [2.24, 2.45) is 15.4 Å². The van der Waals surface area contributed by atoms with E-state index in [0.717, 1.165) is 0 Å². The molecule has 1 aromatic carbocycles. The topological polar surface area (TPSA) is 54.3 Å². The molecule has 1 spiro atoms. The lowest BCUT2D eigenvalue weighted by Crippen LogP contribution is -2.65. The Morgan fingerprint density at radius 2 is 1.96 bits per heavy atom. The molecule has 0 bridgehead atoms. The molecule has 1 saturated heterocycles.